The molecule has 0 spiro atoms. The van der Waals surface area contributed by atoms with Crippen molar-refractivity contribution >= 4 is 30.4 Å². The highest BCUT2D eigenvalue weighted by Crippen LogP contribution is 2.19. The van der Waals surface area contributed by atoms with Crippen molar-refractivity contribution in [2.45, 2.75) is 13.3 Å². The average Bonchev–Trinajstić information content (AvgIpc) is 2.47. The van der Waals surface area contributed by atoms with Gasteiger partial charge < -0.3 is 4.90 Å². The Morgan fingerprint density at radius 2 is 1.94 bits per heavy atom. The summed E-state index contributed by atoms with van der Waals surface area (Å²) in [6.07, 6.45) is 3.45. The maximum atomic E-state index is 4.49. The molecule has 0 amide bonds. The van der Waals surface area contributed by atoms with Gasteiger partial charge in [0.15, 0.2) is 0 Å². The molecule has 1 aliphatic rings. The second-order valence-electron chi connectivity index (χ2n) is 4.05. The van der Waals surface area contributed by atoms with E-state index in [1.165, 1.54) is 11.3 Å². The Morgan fingerprint density at radius 3 is 2.44 bits per heavy atom. The normalized spacial score (nSPS) is 16.1. The Hall–Kier alpha value is -0.510. The quantitative estimate of drug-likeness (QED) is 0.776. The minimum absolute atomic E-state index is 0. The second-order valence-corrected chi connectivity index (χ2v) is 4.05. The fourth-order valence-corrected chi connectivity index (χ4v) is 1.80. The maximum absolute atomic E-state index is 4.49. The van der Waals surface area contributed by atoms with Crippen LogP contribution in [0.1, 0.15) is 17.8 Å². The number of hydrogen-bond donors (Lipinski definition) is 0. The van der Waals surface area contributed by atoms with Crippen LogP contribution in [-0.4, -0.2) is 34.8 Å². The Morgan fingerprint density at radius 1 is 1.25 bits per heavy atom. The summed E-state index contributed by atoms with van der Waals surface area (Å²) in [5, 5.41) is 4.49. The lowest BCUT2D eigenvalue weighted by molar-refractivity contribution is 0.372. The van der Waals surface area contributed by atoms with Crippen LogP contribution in [0.2, 0.25) is 0 Å². The van der Waals surface area contributed by atoms with E-state index in [1.54, 1.807) is 0 Å². The van der Waals surface area contributed by atoms with Crippen LogP contribution in [-0.2, 0) is 7.05 Å². The smallest absolute Gasteiger partial charge is 0.0895 e. The zero-order chi connectivity index (χ0) is 10.1. The Bertz CT molecular complexity index is 352. The standard InChI is InChI=1S/C11H17N3.2ClH/c1-9-7-11(12-14(9)3)10-5-4-6-13(2)8-10;;/h5,7H,4,6,8H2,1-3H3;2*1H. The summed E-state index contributed by atoms with van der Waals surface area (Å²) in [5.41, 5.74) is 3.72. The molecule has 92 valence electrons. The van der Waals surface area contributed by atoms with Crippen molar-refractivity contribution in [2.24, 2.45) is 7.05 Å². The van der Waals surface area contributed by atoms with Gasteiger partial charge in [0.05, 0.1) is 5.69 Å². The predicted octanol–water partition coefficient (Wildman–Crippen LogP) is 2.29. The van der Waals surface area contributed by atoms with Crippen LogP contribution in [0.15, 0.2) is 12.1 Å². The summed E-state index contributed by atoms with van der Waals surface area (Å²) in [7, 11) is 4.15. The van der Waals surface area contributed by atoms with Crippen LogP contribution < -0.4 is 0 Å². The van der Waals surface area contributed by atoms with E-state index in [-0.39, 0.29) is 24.8 Å². The van der Waals surface area contributed by atoms with Gasteiger partial charge in [-0.25, -0.2) is 0 Å². The fraction of sp³-hybridized carbons (Fsp3) is 0.545. The topological polar surface area (TPSA) is 21.1 Å². The Balaban J connectivity index is 0.00000112. The van der Waals surface area contributed by atoms with Gasteiger partial charge in [-0.1, -0.05) is 6.08 Å². The van der Waals surface area contributed by atoms with E-state index in [4.69, 9.17) is 0 Å². The van der Waals surface area contributed by atoms with Crippen molar-refractivity contribution in [3.63, 3.8) is 0 Å². The minimum Gasteiger partial charge on any atom is -0.302 e. The minimum atomic E-state index is 0. The number of halogens is 2. The van der Waals surface area contributed by atoms with Crippen LogP contribution in [0, 0.1) is 6.92 Å². The van der Waals surface area contributed by atoms with Crippen molar-refractivity contribution in [1.29, 1.82) is 0 Å². The maximum Gasteiger partial charge on any atom is 0.0895 e. The third kappa shape index (κ3) is 3.24. The molecule has 16 heavy (non-hydrogen) atoms. The van der Waals surface area contributed by atoms with Gasteiger partial charge >= 0.3 is 0 Å². The molecule has 1 aliphatic heterocycles. The van der Waals surface area contributed by atoms with Crippen LogP contribution >= 0.6 is 24.8 Å². The zero-order valence-electron chi connectivity index (χ0n) is 9.93. The van der Waals surface area contributed by atoms with Gasteiger partial charge in [-0.2, -0.15) is 5.10 Å². The molecule has 5 heteroatoms. The summed E-state index contributed by atoms with van der Waals surface area (Å²) in [6, 6.07) is 2.16. The number of aromatic nitrogens is 2. The summed E-state index contributed by atoms with van der Waals surface area (Å²) in [6.45, 7) is 4.27. The first-order valence-corrected chi connectivity index (χ1v) is 5.05. The SMILES string of the molecule is Cc1cc(C2=CCCN(C)C2)nn1C.Cl.Cl. The molecule has 0 unspecified atom stereocenters. The molecule has 1 aromatic rings. The lowest BCUT2D eigenvalue weighted by Crippen LogP contribution is -2.25. The molecular formula is C11H19Cl2N3. The van der Waals surface area contributed by atoms with Crippen molar-refractivity contribution in [3.8, 4) is 0 Å². The molecule has 0 bridgehead atoms. The molecule has 0 aliphatic carbocycles. The van der Waals surface area contributed by atoms with Gasteiger partial charge in [0.1, 0.15) is 0 Å². The number of aryl methyl sites for hydroxylation is 2. The Kier molecular flexibility index (Phi) is 6.08. The van der Waals surface area contributed by atoms with E-state index in [9.17, 15) is 0 Å². The van der Waals surface area contributed by atoms with Gasteiger partial charge in [0.25, 0.3) is 0 Å². The first kappa shape index (κ1) is 15.5. The molecule has 0 N–H and O–H groups in total. The fourth-order valence-electron chi connectivity index (χ4n) is 1.80. The zero-order valence-corrected chi connectivity index (χ0v) is 11.6. The number of rotatable bonds is 1. The molecule has 0 radical (unpaired) electrons. The summed E-state index contributed by atoms with van der Waals surface area (Å²) < 4.78 is 1.94. The highest BCUT2D eigenvalue weighted by atomic mass is 35.5. The number of likely N-dealkylation sites (N-methyl/N-ethyl adjacent to an activating group) is 1. The van der Waals surface area contributed by atoms with Gasteiger partial charge in [-0.05, 0) is 32.0 Å². The van der Waals surface area contributed by atoms with Gasteiger partial charge in [0.2, 0.25) is 0 Å². The van der Waals surface area contributed by atoms with Crippen molar-refractivity contribution < 1.29 is 0 Å². The van der Waals surface area contributed by atoms with Crippen LogP contribution in [0.5, 0.6) is 0 Å². The summed E-state index contributed by atoms with van der Waals surface area (Å²) in [5.74, 6) is 0. The first-order chi connectivity index (χ1) is 6.66. The number of hydrogen-bond acceptors (Lipinski definition) is 2. The molecule has 0 fully saturated rings. The van der Waals surface area contributed by atoms with E-state index in [0.717, 1.165) is 25.2 Å². The van der Waals surface area contributed by atoms with Crippen LogP contribution in [0.25, 0.3) is 5.57 Å². The van der Waals surface area contributed by atoms with Gasteiger partial charge in [-0.15, -0.1) is 24.8 Å². The molecule has 0 atom stereocenters. The molecule has 3 nitrogen and oxygen atoms in total. The molecule has 0 saturated heterocycles. The van der Waals surface area contributed by atoms with Crippen molar-refractivity contribution in [2.75, 3.05) is 20.1 Å². The lowest BCUT2D eigenvalue weighted by atomic mass is 10.1. The largest absolute Gasteiger partial charge is 0.302 e. The molecule has 2 rings (SSSR count). The van der Waals surface area contributed by atoms with Crippen molar-refractivity contribution in [3.05, 3.63) is 23.5 Å². The van der Waals surface area contributed by atoms with E-state index in [2.05, 4.69) is 36.1 Å². The van der Waals surface area contributed by atoms with E-state index in [1.807, 2.05) is 11.7 Å². The molecule has 0 saturated carbocycles. The second kappa shape index (κ2) is 6.28. The average molecular weight is 264 g/mol. The third-order valence-electron chi connectivity index (χ3n) is 2.78. The molecule has 0 aromatic carbocycles. The van der Waals surface area contributed by atoms with Crippen LogP contribution in [0.3, 0.4) is 0 Å². The lowest BCUT2D eigenvalue weighted by Gasteiger charge is -2.21. The summed E-state index contributed by atoms with van der Waals surface area (Å²) >= 11 is 0. The van der Waals surface area contributed by atoms with Crippen molar-refractivity contribution in [1.82, 2.24) is 14.7 Å². The predicted molar refractivity (Wildman–Crippen MR) is 72.5 cm³/mol. The summed E-state index contributed by atoms with van der Waals surface area (Å²) in [4.78, 5) is 2.33. The molecule has 1 aromatic heterocycles. The molecule has 2 heterocycles. The van der Waals surface area contributed by atoms with Gasteiger partial charge in [-0.3, -0.25) is 4.68 Å². The highest BCUT2D eigenvalue weighted by Gasteiger charge is 2.12. The van der Waals surface area contributed by atoms with E-state index in [0.29, 0.717) is 0 Å². The Labute approximate surface area is 109 Å². The van der Waals surface area contributed by atoms with Gasteiger partial charge in [0, 0.05) is 25.8 Å². The third-order valence-corrected chi connectivity index (χ3v) is 2.78. The van der Waals surface area contributed by atoms with E-state index < -0.39 is 0 Å². The van der Waals surface area contributed by atoms with E-state index >= 15 is 0 Å². The first-order valence-electron chi connectivity index (χ1n) is 5.05. The number of nitrogens with zero attached hydrogens (tertiary/aromatic N) is 3. The monoisotopic (exact) mass is 263 g/mol. The highest BCUT2D eigenvalue weighted by molar-refractivity contribution is 5.85. The molecular weight excluding hydrogens is 245 g/mol. The van der Waals surface area contributed by atoms with Crippen LogP contribution in [0.4, 0.5) is 0 Å².